The summed E-state index contributed by atoms with van der Waals surface area (Å²) in [4.78, 5) is 28.2. The van der Waals surface area contributed by atoms with Gasteiger partial charge in [0.1, 0.15) is 36.1 Å². The smallest absolute Gasteiger partial charge is 0.330 e. The van der Waals surface area contributed by atoms with Crippen molar-refractivity contribution in [3.8, 4) is 0 Å². The molecule has 3 N–H and O–H groups in total. The topological polar surface area (TPSA) is 163 Å². The first kappa shape index (κ1) is 41.4. The highest BCUT2D eigenvalue weighted by molar-refractivity contribution is 5.91. The summed E-state index contributed by atoms with van der Waals surface area (Å²) in [5.41, 5.74) is -1.84. The number of nitrogens with zero attached hydrogens (tertiary/aromatic N) is 1. The van der Waals surface area contributed by atoms with Gasteiger partial charge < -0.3 is 53.4 Å². The number of aliphatic hydroxyl groups excluding tert-OH is 2. The lowest BCUT2D eigenvalue weighted by atomic mass is 9.88. The van der Waals surface area contributed by atoms with E-state index < -0.39 is 66.9 Å². The van der Waals surface area contributed by atoms with Crippen LogP contribution < -0.4 is 0 Å². The van der Waals surface area contributed by atoms with Crippen molar-refractivity contribution in [1.29, 1.82) is 0 Å². The Labute approximate surface area is 291 Å². The third-order valence-corrected chi connectivity index (χ3v) is 9.78. The van der Waals surface area contributed by atoms with Gasteiger partial charge >= 0.3 is 5.97 Å². The maximum atomic E-state index is 13.1. The molecule has 0 aromatic rings. The number of esters is 1. The molecule has 3 aliphatic heterocycles. The minimum Gasteiger partial charge on any atom is -0.456 e. The van der Waals surface area contributed by atoms with Gasteiger partial charge in [-0.05, 0) is 71.7 Å². The normalized spacial score (nSPS) is 43.6. The van der Waals surface area contributed by atoms with Crippen molar-refractivity contribution in [2.24, 2.45) is 11.8 Å². The number of cyclic esters (lactones) is 1. The lowest BCUT2D eigenvalue weighted by Crippen LogP contribution is -2.59. The van der Waals surface area contributed by atoms with Gasteiger partial charge in [-0.1, -0.05) is 39.0 Å². The Morgan fingerprint density at radius 3 is 2.27 bits per heavy atom. The second kappa shape index (κ2) is 19.0. The highest BCUT2D eigenvalue weighted by Crippen LogP contribution is 2.31. The number of allylic oxidation sites excluding steroid dienone is 3. The van der Waals surface area contributed by atoms with Crippen molar-refractivity contribution in [2.45, 2.75) is 133 Å². The molecule has 13 heteroatoms. The minimum atomic E-state index is -1.84. The molecule has 2 saturated heterocycles. The molecular formula is C36H59NO12. The quantitative estimate of drug-likeness (QED) is 0.301. The van der Waals surface area contributed by atoms with E-state index in [2.05, 4.69) is 0 Å². The average Bonchev–Trinajstić information content (AvgIpc) is 3.05. The first-order chi connectivity index (χ1) is 23.1. The summed E-state index contributed by atoms with van der Waals surface area (Å²) < 4.78 is 41.1. The number of hydrogen-bond acceptors (Lipinski definition) is 13. The van der Waals surface area contributed by atoms with Gasteiger partial charge in [-0.2, -0.15) is 0 Å². The number of ether oxygens (including phenoxy) is 7. The maximum Gasteiger partial charge on any atom is 0.330 e. The predicted molar refractivity (Wildman–Crippen MR) is 180 cm³/mol. The number of rotatable bonds is 9. The molecule has 0 radical (unpaired) electrons. The Kier molecular flexibility index (Phi) is 16.0. The molecule has 3 aliphatic rings. The summed E-state index contributed by atoms with van der Waals surface area (Å²) in [5.74, 6) is -1.27. The Morgan fingerprint density at radius 2 is 1.63 bits per heavy atom. The molecule has 0 unspecified atom stereocenters. The highest BCUT2D eigenvalue weighted by Gasteiger charge is 2.47. The molecule has 280 valence electrons. The standard InChI is InChI=1S/C36H59NO12/c1-10-28-36(42,20-45-35-33(44-9)32(43-8)30(40)24(5)47-35)17-12-11-14-26(38)21(2)18-22(3)27(15-13-16-29(39)49-28)48-34-31(41)25(37(6)7)19-23(4)46-34/h11-14,16-17,21-25,27-28,30-35,40-42H,10,15,18-20H2,1-9H3/b14-11-,16-13-,17-12-/t21-,22+,23-,24-,25-,27-,28-,30+,31-,32-,33-,34-,35+,36-/m1/s1. The van der Waals surface area contributed by atoms with Crippen LogP contribution in [0, 0.1) is 11.8 Å². The van der Waals surface area contributed by atoms with Crippen LogP contribution in [0.25, 0.3) is 0 Å². The van der Waals surface area contributed by atoms with Crippen LogP contribution in [0.3, 0.4) is 0 Å². The molecule has 0 aromatic carbocycles. The lowest BCUT2D eigenvalue weighted by Gasteiger charge is -2.43. The van der Waals surface area contributed by atoms with E-state index in [1.807, 2.05) is 39.8 Å². The van der Waals surface area contributed by atoms with Crippen LogP contribution in [0.1, 0.15) is 60.3 Å². The fourth-order valence-corrected chi connectivity index (χ4v) is 6.73. The molecule has 0 aromatic heterocycles. The van der Waals surface area contributed by atoms with Gasteiger partial charge in [0.25, 0.3) is 0 Å². The SMILES string of the molecule is CC[C@H]1OC(=O)/C=C\C[C@@H](O[C@H]2O[C@H](C)C[C@@H](N(C)C)[C@H]2O)[C@@H](C)C[C@@H](C)C(=O)/C=C\C=C/[C@@]1(O)CO[C@H]1O[C@H](C)[C@H](O)[C@@H](OC)[C@H]1OC. The van der Waals surface area contributed by atoms with E-state index in [0.717, 1.165) is 0 Å². The van der Waals surface area contributed by atoms with Gasteiger partial charge in [0.2, 0.25) is 0 Å². The molecule has 0 amide bonds. The van der Waals surface area contributed by atoms with Crippen LogP contribution in [0.2, 0.25) is 0 Å². The lowest BCUT2D eigenvalue weighted by molar-refractivity contribution is -0.310. The first-order valence-electron chi connectivity index (χ1n) is 17.3. The third-order valence-electron chi connectivity index (χ3n) is 9.78. The Hall–Kier alpha value is -2.04. The number of ketones is 1. The molecular weight excluding hydrogens is 638 g/mol. The molecule has 0 aliphatic carbocycles. The molecule has 13 nitrogen and oxygen atoms in total. The van der Waals surface area contributed by atoms with Crippen molar-refractivity contribution >= 4 is 11.8 Å². The van der Waals surface area contributed by atoms with Crippen LogP contribution in [0.4, 0.5) is 0 Å². The van der Waals surface area contributed by atoms with Gasteiger partial charge in [0.15, 0.2) is 18.4 Å². The van der Waals surface area contributed by atoms with Gasteiger partial charge in [0.05, 0.1) is 24.9 Å². The minimum absolute atomic E-state index is 0.108. The predicted octanol–water partition coefficient (Wildman–Crippen LogP) is 2.31. The summed E-state index contributed by atoms with van der Waals surface area (Å²) in [7, 11) is 6.70. The van der Waals surface area contributed by atoms with Crippen LogP contribution in [-0.4, -0.2) is 140 Å². The monoisotopic (exact) mass is 697 g/mol. The first-order valence-corrected chi connectivity index (χ1v) is 17.3. The number of carbonyl (C=O) groups is 2. The van der Waals surface area contributed by atoms with Crippen molar-refractivity contribution in [1.82, 2.24) is 4.90 Å². The van der Waals surface area contributed by atoms with E-state index >= 15 is 0 Å². The van der Waals surface area contributed by atoms with Crippen LogP contribution in [-0.2, 0) is 42.7 Å². The van der Waals surface area contributed by atoms with Crippen molar-refractivity contribution in [3.63, 3.8) is 0 Å². The number of likely N-dealkylation sites (N-methyl/N-ethyl adjacent to an activating group) is 1. The van der Waals surface area contributed by atoms with Crippen molar-refractivity contribution in [3.05, 3.63) is 36.5 Å². The molecule has 0 saturated carbocycles. The van der Waals surface area contributed by atoms with Crippen LogP contribution >= 0.6 is 0 Å². The molecule has 2 fully saturated rings. The maximum absolute atomic E-state index is 13.1. The molecule has 3 heterocycles. The molecule has 14 atom stereocenters. The number of hydrogen-bond donors (Lipinski definition) is 3. The van der Waals surface area contributed by atoms with Gasteiger partial charge in [-0.25, -0.2) is 4.79 Å². The summed E-state index contributed by atoms with van der Waals surface area (Å²) in [5, 5.41) is 33.5. The van der Waals surface area contributed by atoms with E-state index in [-0.39, 0.29) is 49.2 Å². The molecule has 0 spiro atoms. The highest BCUT2D eigenvalue weighted by atomic mass is 16.7. The summed E-state index contributed by atoms with van der Waals surface area (Å²) in [6.45, 7) is 8.82. The fraction of sp³-hybridized carbons (Fsp3) is 0.778. The Morgan fingerprint density at radius 1 is 0.939 bits per heavy atom. The number of aliphatic hydroxyl groups is 3. The average molecular weight is 698 g/mol. The summed E-state index contributed by atoms with van der Waals surface area (Å²) >= 11 is 0. The zero-order valence-electron chi connectivity index (χ0n) is 30.5. The van der Waals surface area contributed by atoms with E-state index in [1.165, 1.54) is 44.6 Å². The third kappa shape index (κ3) is 11.0. The van der Waals surface area contributed by atoms with Crippen LogP contribution in [0.5, 0.6) is 0 Å². The summed E-state index contributed by atoms with van der Waals surface area (Å²) in [6, 6.07) is -0.158. The Balaban J connectivity index is 1.86. The summed E-state index contributed by atoms with van der Waals surface area (Å²) in [6.07, 6.45) is 2.86. The van der Waals surface area contributed by atoms with Crippen molar-refractivity contribution in [2.75, 3.05) is 34.9 Å². The van der Waals surface area contributed by atoms with Gasteiger partial charge in [-0.3, -0.25) is 4.79 Å². The van der Waals surface area contributed by atoms with E-state index in [1.54, 1.807) is 19.9 Å². The molecule has 3 rings (SSSR count). The second-order valence-corrected chi connectivity index (χ2v) is 13.9. The Bertz CT molecular complexity index is 1150. The van der Waals surface area contributed by atoms with Gasteiger partial charge in [0, 0.05) is 32.3 Å². The van der Waals surface area contributed by atoms with E-state index in [9.17, 15) is 24.9 Å². The van der Waals surface area contributed by atoms with E-state index in [0.29, 0.717) is 12.8 Å². The molecule has 0 bridgehead atoms. The van der Waals surface area contributed by atoms with Crippen LogP contribution in [0.15, 0.2) is 36.5 Å². The van der Waals surface area contributed by atoms with Crippen molar-refractivity contribution < 1.29 is 58.1 Å². The number of carbonyl (C=O) groups excluding carboxylic acids is 2. The van der Waals surface area contributed by atoms with Gasteiger partial charge in [-0.15, -0.1) is 0 Å². The largest absolute Gasteiger partial charge is 0.456 e. The fourth-order valence-electron chi connectivity index (χ4n) is 6.73. The van der Waals surface area contributed by atoms with E-state index in [4.69, 9.17) is 33.2 Å². The number of methoxy groups -OCH3 is 2. The molecule has 49 heavy (non-hydrogen) atoms. The zero-order chi connectivity index (χ0) is 36.5. The zero-order valence-corrected chi connectivity index (χ0v) is 30.5. The second-order valence-electron chi connectivity index (χ2n) is 13.9.